The summed E-state index contributed by atoms with van der Waals surface area (Å²) < 4.78 is 0. The van der Waals surface area contributed by atoms with E-state index in [9.17, 15) is 9.59 Å². The fourth-order valence-electron chi connectivity index (χ4n) is 4.03. The number of carbonyl (C=O) groups is 2. The van der Waals surface area contributed by atoms with Gasteiger partial charge in [-0.05, 0) is 48.6 Å². The van der Waals surface area contributed by atoms with Crippen molar-refractivity contribution < 1.29 is 9.59 Å². The van der Waals surface area contributed by atoms with Gasteiger partial charge in [0.05, 0.1) is 12.0 Å². The van der Waals surface area contributed by atoms with Crippen molar-refractivity contribution in [1.29, 1.82) is 0 Å². The summed E-state index contributed by atoms with van der Waals surface area (Å²) in [6.07, 6.45) is 3.93. The van der Waals surface area contributed by atoms with Gasteiger partial charge in [0.15, 0.2) is 0 Å². The second-order valence-corrected chi connectivity index (χ2v) is 8.14. The normalized spacial score (nSPS) is 21.4. The molecule has 1 saturated carbocycles. The molecule has 2 aliphatic rings. The number of hydrogen-bond donors (Lipinski definition) is 1. The van der Waals surface area contributed by atoms with Crippen LogP contribution in [0.25, 0.3) is 0 Å². The van der Waals surface area contributed by atoms with Crippen molar-refractivity contribution in [3.8, 4) is 0 Å². The fourth-order valence-corrected chi connectivity index (χ4v) is 4.23. The van der Waals surface area contributed by atoms with Crippen molar-refractivity contribution >= 4 is 23.4 Å². The van der Waals surface area contributed by atoms with Crippen LogP contribution in [0.2, 0.25) is 5.02 Å². The Hall–Kier alpha value is -2.33. The van der Waals surface area contributed by atoms with E-state index in [4.69, 9.17) is 11.6 Å². The number of carbonyl (C=O) groups excluding carboxylic acids is 2. The molecule has 1 N–H and O–H groups in total. The average Bonchev–Trinajstić information content (AvgIpc) is 3.51. The van der Waals surface area contributed by atoms with Crippen LogP contribution in [0.5, 0.6) is 0 Å². The first-order valence-electron chi connectivity index (χ1n) is 10.1. The van der Waals surface area contributed by atoms with E-state index in [0.717, 1.165) is 36.8 Å². The molecule has 2 aromatic carbocycles. The maximum absolute atomic E-state index is 13.4. The highest BCUT2D eigenvalue weighted by Crippen LogP contribution is 2.43. The molecular formula is C23H25ClN2O2. The van der Waals surface area contributed by atoms with E-state index in [2.05, 4.69) is 12.2 Å². The molecule has 2 aromatic rings. The lowest BCUT2D eigenvalue weighted by atomic mass is 9.79. The van der Waals surface area contributed by atoms with Gasteiger partial charge in [-0.1, -0.05) is 55.3 Å². The van der Waals surface area contributed by atoms with Gasteiger partial charge in [-0.2, -0.15) is 0 Å². The van der Waals surface area contributed by atoms with Crippen LogP contribution in [-0.4, -0.2) is 29.3 Å². The first-order valence-corrected chi connectivity index (χ1v) is 10.4. The lowest BCUT2D eigenvalue weighted by molar-refractivity contribution is -0.124. The average molecular weight is 397 g/mol. The predicted octanol–water partition coefficient (Wildman–Crippen LogP) is 4.70. The van der Waals surface area contributed by atoms with Crippen molar-refractivity contribution in [3.05, 3.63) is 70.2 Å². The highest BCUT2D eigenvalue weighted by Gasteiger charge is 2.44. The number of fused-ring (bicyclic) bond motifs is 1. The molecule has 2 amide bonds. The van der Waals surface area contributed by atoms with E-state index in [1.165, 1.54) is 0 Å². The molecule has 1 aliphatic heterocycles. The Morgan fingerprint density at radius 2 is 1.96 bits per heavy atom. The molecule has 2 atom stereocenters. The third-order valence-corrected chi connectivity index (χ3v) is 5.82. The molecule has 28 heavy (non-hydrogen) atoms. The van der Waals surface area contributed by atoms with Crippen LogP contribution in [0, 0.1) is 0 Å². The summed E-state index contributed by atoms with van der Waals surface area (Å²) in [7, 11) is 0. The lowest BCUT2D eigenvalue weighted by Gasteiger charge is -2.42. The van der Waals surface area contributed by atoms with E-state index >= 15 is 0 Å². The number of nitrogens with zero attached hydrogens (tertiary/aromatic N) is 1. The van der Waals surface area contributed by atoms with E-state index in [1.807, 2.05) is 53.4 Å². The molecule has 4 nitrogen and oxygen atoms in total. The van der Waals surface area contributed by atoms with Gasteiger partial charge in [0.25, 0.3) is 5.91 Å². The Balaban J connectivity index is 1.84. The summed E-state index contributed by atoms with van der Waals surface area (Å²) in [5.74, 6) is -0.455. The number of halogens is 1. The fraction of sp³-hybridized carbons (Fsp3) is 0.391. The van der Waals surface area contributed by atoms with Crippen molar-refractivity contribution in [2.45, 2.75) is 50.6 Å². The minimum Gasteiger partial charge on any atom is -0.353 e. The van der Waals surface area contributed by atoms with E-state index in [1.54, 1.807) is 0 Å². The molecule has 1 fully saturated rings. The number of amides is 2. The molecule has 1 aliphatic carbocycles. The van der Waals surface area contributed by atoms with Gasteiger partial charge in [0, 0.05) is 23.2 Å². The highest BCUT2D eigenvalue weighted by atomic mass is 35.5. The Labute approximate surface area is 170 Å². The molecule has 0 bridgehead atoms. The van der Waals surface area contributed by atoms with Crippen molar-refractivity contribution in [1.82, 2.24) is 10.2 Å². The zero-order valence-corrected chi connectivity index (χ0v) is 16.8. The minimum atomic E-state index is -0.440. The van der Waals surface area contributed by atoms with Crippen molar-refractivity contribution in [2.24, 2.45) is 0 Å². The van der Waals surface area contributed by atoms with Gasteiger partial charge < -0.3 is 10.2 Å². The van der Waals surface area contributed by atoms with Crippen molar-refractivity contribution in [2.75, 3.05) is 6.54 Å². The molecule has 4 rings (SSSR count). The number of rotatable bonds is 6. The third kappa shape index (κ3) is 3.66. The topological polar surface area (TPSA) is 49.4 Å². The van der Waals surface area contributed by atoms with Crippen LogP contribution >= 0.6 is 11.6 Å². The van der Waals surface area contributed by atoms with E-state index in [0.29, 0.717) is 17.1 Å². The molecule has 0 spiro atoms. The maximum Gasteiger partial charge on any atom is 0.254 e. The van der Waals surface area contributed by atoms with Gasteiger partial charge >= 0.3 is 0 Å². The number of unbranched alkanes of at least 4 members (excludes halogenated alkanes) is 1. The zero-order valence-electron chi connectivity index (χ0n) is 16.0. The van der Waals surface area contributed by atoms with Crippen LogP contribution in [0.3, 0.4) is 0 Å². The van der Waals surface area contributed by atoms with Crippen LogP contribution < -0.4 is 5.32 Å². The number of benzene rings is 2. The predicted molar refractivity (Wildman–Crippen MR) is 110 cm³/mol. The first-order chi connectivity index (χ1) is 13.6. The van der Waals surface area contributed by atoms with Crippen LogP contribution in [-0.2, 0) is 4.79 Å². The monoisotopic (exact) mass is 396 g/mol. The first kappa shape index (κ1) is 19.0. The van der Waals surface area contributed by atoms with Gasteiger partial charge in [-0.25, -0.2) is 0 Å². The van der Waals surface area contributed by atoms with E-state index < -0.39 is 5.92 Å². The summed E-state index contributed by atoms with van der Waals surface area (Å²) in [5, 5.41) is 3.77. The largest absolute Gasteiger partial charge is 0.353 e. The smallest absolute Gasteiger partial charge is 0.254 e. The highest BCUT2D eigenvalue weighted by molar-refractivity contribution is 6.30. The zero-order chi connectivity index (χ0) is 19.7. The SMILES string of the molecule is CCCCN1C(=O)c2ccccc2[C@H](C(=O)NC2CC2)[C@@H]1c1cccc(Cl)c1. The Bertz CT molecular complexity index is 894. The number of nitrogens with one attached hydrogen (secondary N) is 1. The molecule has 0 unspecified atom stereocenters. The van der Waals surface area contributed by atoms with E-state index in [-0.39, 0.29) is 23.9 Å². The molecule has 0 saturated heterocycles. The second kappa shape index (κ2) is 7.96. The third-order valence-electron chi connectivity index (χ3n) is 5.59. The Morgan fingerprint density at radius 1 is 1.18 bits per heavy atom. The lowest BCUT2D eigenvalue weighted by Crippen LogP contribution is -2.48. The minimum absolute atomic E-state index is 0.00563. The standard InChI is InChI=1S/C23H25ClN2O2/c1-2-3-13-26-21(15-7-6-8-16(24)14-15)20(22(27)25-17-11-12-17)18-9-4-5-10-19(18)23(26)28/h4-10,14,17,20-21H,2-3,11-13H2,1H3,(H,25,27)/t20-,21-/m0/s1. The molecule has 5 heteroatoms. The summed E-state index contributed by atoms with van der Waals surface area (Å²) in [4.78, 5) is 28.5. The summed E-state index contributed by atoms with van der Waals surface area (Å²) in [5.41, 5.74) is 2.35. The molecule has 0 aromatic heterocycles. The summed E-state index contributed by atoms with van der Waals surface area (Å²) in [6, 6.07) is 15.0. The quantitative estimate of drug-likeness (QED) is 0.769. The molecule has 0 radical (unpaired) electrons. The van der Waals surface area contributed by atoms with Crippen LogP contribution in [0.15, 0.2) is 48.5 Å². The summed E-state index contributed by atoms with van der Waals surface area (Å²) >= 11 is 6.27. The molecular weight excluding hydrogens is 372 g/mol. The number of hydrogen-bond acceptors (Lipinski definition) is 2. The summed E-state index contributed by atoms with van der Waals surface area (Å²) in [6.45, 7) is 2.72. The van der Waals surface area contributed by atoms with Gasteiger partial charge in [-0.3, -0.25) is 9.59 Å². The second-order valence-electron chi connectivity index (χ2n) is 7.70. The molecule has 1 heterocycles. The molecule has 146 valence electrons. The van der Waals surface area contributed by atoms with Crippen molar-refractivity contribution in [3.63, 3.8) is 0 Å². The Morgan fingerprint density at radius 3 is 2.68 bits per heavy atom. The van der Waals surface area contributed by atoms with Crippen LogP contribution in [0.4, 0.5) is 0 Å². The van der Waals surface area contributed by atoms with Crippen LogP contribution in [0.1, 0.15) is 66.1 Å². The van der Waals surface area contributed by atoms with Gasteiger partial charge in [-0.15, -0.1) is 0 Å². The van der Waals surface area contributed by atoms with Gasteiger partial charge in [0.2, 0.25) is 5.91 Å². The Kier molecular flexibility index (Phi) is 5.40. The van der Waals surface area contributed by atoms with Gasteiger partial charge in [0.1, 0.15) is 0 Å². The maximum atomic E-state index is 13.4.